The van der Waals surface area contributed by atoms with Crippen LogP contribution in [0.4, 0.5) is 0 Å². The molecule has 0 aromatic heterocycles. The molecule has 13 heteroatoms. The molecule has 4 unspecified atom stereocenters. The van der Waals surface area contributed by atoms with Crippen LogP contribution in [0.25, 0.3) is 0 Å². The number of amides is 4. The van der Waals surface area contributed by atoms with Crippen molar-refractivity contribution in [1.82, 2.24) is 16.0 Å². The van der Waals surface area contributed by atoms with E-state index in [0.29, 0.717) is 0 Å². The molecule has 0 saturated carbocycles. The van der Waals surface area contributed by atoms with Crippen LogP contribution in [0.3, 0.4) is 0 Å². The number of rotatable bonds is 15. The minimum absolute atomic E-state index is 0.0825. The molecule has 0 aromatic rings. The second kappa shape index (κ2) is 14.0. The fourth-order valence-electron chi connectivity index (χ4n) is 2.75. The number of hydrogen-bond acceptors (Lipinski definition) is 7. The van der Waals surface area contributed by atoms with Gasteiger partial charge in [-0.1, -0.05) is 27.7 Å². The van der Waals surface area contributed by atoms with E-state index in [4.69, 9.17) is 16.6 Å². The number of nitrogens with two attached hydrogens (primary N) is 2. The maximum absolute atomic E-state index is 12.8. The van der Waals surface area contributed by atoms with Gasteiger partial charge >= 0.3 is 11.9 Å². The van der Waals surface area contributed by atoms with Gasteiger partial charge in [0.2, 0.25) is 23.6 Å². The fourth-order valence-corrected chi connectivity index (χ4v) is 2.75. The summed E-state index contributed by atoms with van der Waals surface area (Å²) in [5.41, 5.74) is 10.9. The molecule has 0 aromatic carbocycles. The smallest absolute Gasteiger partial charge is 0.326 e. The van der Waals surface area contributed by atoms with Crippen LogP contribution in [0, 0.1) is 11.8 Å². The largest absolute Gasteiger partial charge is 0.481 e. The van der Waals surface area contributed by atoms with Gasteiger partial charge in [0.15, 0.2) is 0 Å². The molecule has 33 heavy (non-hydrogen) atoms. The van der Waals surface area contributed by atoms with Gasteiger partial charge in [-0.2, -0.15) is 0 Å². The average molecular weight is 474 g/mol. The summed E-state index contributed by atoms with van der Waals surface area (Å²) in [7, 11) is 0. The molecule has 0 aliphatic heterocycles. The maximum atomic E-state index is 12.8. The summed E-state index contributed by atoms with van der Waals surface area (Å²) < 4.78 is 0. The Morgan fingerprint density at radius 1 is 0.788 bits per heavy atom. The highest BCUT2D eigenvalue weighted by Gasteiger charge is 2.32. The SMILES string of the molecule is CC(C)CC(NC(=O)C(CC(=O)O)NC(=O)C(CCC(N)=O)NC(=O)C(N)C(C)C)C(=O)O. The molecule has 0 radical (unpaired) electrons. The molecule has 13 nitrogen and oxygen atoms in total. The summed E-state index contributed by atoms with van der Waals surface area (Å²) in [6, 6.07) is -5.21. The molecule has 0 aliphatic rings. The van der Waals surface area contributed by atoms with Gasteiger partial charge in [0, 0.05) is 6.42 Å². The lowest BCUT2D eigenvalue weighted by Gasteiger charge is -2.25. The van der Waals surface area contributed by atoms with E-state index < -0.39 is 66.2 Å². The lowest BCUT2D eigenvalue weighted by atomic mass is 10.0. The topological polar surface area (TPSA) is 231 Å². The maximum Gasteiger partial charge on any atom is 0.326 e. The number of carboxylic acid groups (broad SMARTS) is 2. The van der Waals surface area contributed by atoms with E-state index in [1.807, 2.05) is 0 Å². The molecule has 4 amide bonds. The van der Waals surface area contributed by atoms with E-state index in [9.17, 15) is 33.9 Å². The first kappa shape index (κ1) is 29.8. The van der Waals surface area contributed by atoms with Gasteiger partial charge in [0.1, 0.15) is 18.1 Å². The third-order valence-electron chi connectivity index (χ3n) is 4.67. The number of hydrogen-bond donors (Lipinski definition) is 7. The summed E-state index contributed by atoms with van der Waals surface area (Å²) in [5.74, 6) is -6.47. The van der Waals surface area contributed by atoms with Gasteiger partial charge in [-0.25, -0.2) is 4.79 Å². The van der Waals surface area contributed by atoms with Gasteiger partial charge in [-0.3, -0.25) is 24.0 Å². The Balaban J connectivity index is 5.59. The van der Waals surface area contributed by atoms with E-state index in [0.717, 1.165) is 0 Å². The van der Waals surface area contributed by atoms with E-state index in [1.54, 1.807) is 27.7 Å². The Hall–Kier alpha value is -3.22. The molecule has 0 aliphatic carbocycles. The van der Waals surface area contributed by atoms with Crippen molar-refractivity contribution in [3.63, 3.8) is 0 Å². The second-order valence-electron chi connectivity index (χ2n) is 8.52. The monoisotopic (exact) mass is 473 g/mol. The summed E-state index contributed by atoms with van der Waals surface area (Å²) in [6.07, 6.45) is -1.25. The third kappa shape index (κ3) is 11.8. The number of nitrogens with one attached hydrogen (secondary N) is 3. The van der Waals surface area contributed by atoms with Crippen molar-refractivity contribution in [2.45, 2.75) is 77.5 Å². The van der Waals surface area contributed by atoms with E-state index in [-0.39, 0.29) is 31.1 Å². The van der Waals surface area contributed by atoms with E-state index in [1.165, 1.54) is 0 Å². The van der Waals surface area contributed by atoms with Crippen molar-refractivity contribution >= 4 is 35.6 Å². The van der Waals surface area contributed by atoms with Crippen molar-refractivity contribution in [3.05, 3.63) is 0 Å². The minimum atomic E-state index is -1.63. The molecule has 188 valence electrons. The van der Waals surface area contributed by atoms with Crippen molar-refractivity contribution in [2.24, 2.45) is 23.3 Å². The lowest BCUT2D eigenvalue weighted by Crippen LogP contribution is -2.58. The predicted molar refractivity (Wildman–Crippen MR) is 116 cm³/mol. The summed E-state index contributed by atoms with van der Waals surface area (Å²) in [6.45, 7) is 6.86. The number of carbonyl (C=O) groups excluding carboxylic acids is 4. The zero-order valence-electron chi connectivity index (χ0n) is 19.3. The Bertz CT molecular complexity index is 740. The highest BCUT2D eigenvalue weighted by molar-refractivity contribution is 5.95. The normalized spacial score (nSPS) is 14.6. The van der Waals surface area contributed by atoms with Gasteiger partial charge in [-0.15, -0.1) is 0 Å². The number of carbonyl (C=O) groups is 6. The van der Waals surface area contributed by atoms with Crippen LogP contribution in [0.5, 0.6) is 0 Å². The summed E-state index contributed by atoms with van der Waals surface area (Å²) in [5, 5.41) is 25.2. The first-order chi connectivity index (χ1) is 15.1. The number of carboxylic acids is 2. The van der Waals surface area contributed by atoms with Crippen LogP contribution in [-0.4, -0.2) is 69.9 Å². The van der Waals surface area contributed by atoms with Crippen molar-refractivity contribution in [2.75, 3.05) is 0 Å². The second-order valence-corrected chi connectivity index (χ2v) is 8.52. The Morgan fingerprint density at radius 2 is 1.27 bits per heavy atom. The molecule has 9 N–H and O–H groups in total. The van der Waals surface area contributed by atoms with Gasteiger partial charge in [-0.05, 0) is 24.7 Å². The zero-order valence-corrected chi connectivity index (χ0v) is 19.3. The third-order valence-corrected chi connectivity index (χ3v) is 4.67. The zero-order chi connectivity index (χ0) is 25.9. The van der Waals surface area contributed by atoms with Crippen LogP contribution in [0.1, 0.15) is 53.4 Å². The Morgan fingerprint density at radius 3 is 1.70 bits per heavy atom. The molecule has 4 atom stereocenters. The summed E-state index contributed by atoms with van der Waals surface area (Å²) in [4.78, 5) is 71.4. The first-order valence-corrected chi connectivity index (χ1v) is 10.5. The van der Waals surface area contributed by atoms with Crippen molar-refractivity contribution < 1.29 is 39.0 Å². The molecule has 0 spiro atoms. The molecular weight excluding hydrogens is 438 g/mol. The quantitative estimate of drug-likeness (QED) is 0.143. The van der Waals surface area contributed by atoms with Gasteiger partial charge in [0.05, 0.1) is 12.5 Å². The van der Waals surface area contributed by atoms with Crippen LogP contribution in [-0.2, 0) is 28.8 Å². The molecule has 0 heterocycles. The standard InChI is InChI=1S/C20H35N5O8/c1-9(2)7-13(20(32)33)25-18(30)12(8-15(27)28)24-17(29)11(5-6-14(21)26)23-19(31)16(22)10(3)4/h9-13,16H,5-8,22H2,1-4H3,(H2,21,26)(H,23,31)(H,24,29)(H,25,30)(H,27,28)(H,32,33). The van der Waals surface area contributed by atoms with Crippen molar-refractivity contribution in [3.8, 4) is 0 Å². The molecule has 0 rings (SSSR count). The first-order valence-electron chi connectivity index (χ1n) is 10.5. The van der Waals surface area contributed by atoms with E-state index in [2.05, 4.69) is 16.0 Å². The van der Waals surface area contributed by atoms with E-state index >= 15 is 0 Å². The molecule has 0 fully saturated rings. The average Bonchev–Trinajstić information content (AvgIpc) is 2.67. The highest BCUT2D eigenvalue weighted by Crippen LogP contribution is 2.07. The minimum Gasteiger partial charge on any atom is -0.481 e. The summed E-state index contributed by atoms with van der Waals surface area (Å²) >= 11 is 0. The van der Waals surface area contributed by atoms with Crippen molar-refractivity contribution in [1.29, 1.82) is 0 Å². The molecule has 0 bridgehead atoms. The fraction of sp³-hybridized carbons (Fsp3) is 0.700. The van der Waals surface area contributed by atoms with Crippen LogP contribution in [0.2, 0.25) is 0 Å². The lowest BCUT2D eigenvalue weighted by molar-refractivity contribution is -0.144. The Labute approximate surface area is 192 Å². The van der Waals surface area contributed by atoms with Crippen LogP contribution >= 0.6 is 0 Å². The predicted octanol–water partition coefficient (Wildman–Crippen LogP) is -1.70. The highest BCUT2D eigenvalue weighted by atomic mass is 16.4. The number of primary amides is 1. The van der Waals surface area contributed by atoms with Crippen LogP contribution in [0.15, 0.2) is 0 Å². The van der Waals surface area contributed by atoms with Crippen LogP contribution < -0.4 is 27.4 Å². The number of aliphatic carboxylic acids is 2. The molecule has 0 saturated heterocycles. The Kier molecular flexibility index (Phi) is 12.7. The molecular formula is C20H35N5O8. The van der Waals surface area contributed by atoms with Gasteiger partial charge < -0.3 is 37.6 Å². The van der Waals surface area contributed by atoms with Gasteiger partial charge in [0.25, 0.3) is 0 Å².